The molecular formula is C24H23F3N2O2. The van der Waals surface area contributed by atoms with Crippen LogP contribution in [0.25, 0.3) is 0 Å². The molecule has 7 heteroatoms. The molecule has 1 fully saturated rings. The van der Waals surface area contributed by atoms with E-state index in [0.717, 1.165) is 41.9 Å². The second kappa shape index (κ2) is 8.98. The average Bonchev–Trinajstić information content (AvgIpc) is 3.40. The lowest BCUT2D eigenvalue weighted by atomic mass is 10.1. The number of amides is 1. The molecule has 3 aromatic rings. The van der Waals surface area contributed by atoms with Gasteiger partial charge in [0.2, 0.25) is 0 Å². The molecule has 1 aliphatic rings. The summed E-state index contributed by atoms with van der Waals surface area (Å²) >= 11 is 0. The average molecular weight is 428 g/mol. The van der Waals surface area contributed by atoms with Crippen molar-refractivity contribution in [3.8, 4) is 0 Å². The van der Waals surface area contributed by atoms with Crippen molar-refractivity contribution in [2.75, 3.05) is 0 Å². The predicted molar refractivity (Wildman–Crippen MR) is 110 cm³/mol. The van der Waals surface area contributed by atoms with E-state index >= 15 is 0 Å². The topological polar surface area (TPSA) is 45.5 Å². The number of alkyl halides is 3. The van der Waals surface area contributed by atoms with Crippen LogP contribution in [-0.2, 0) is 25.8 Å². The first kappa shape index (κ1) is 21.2. The van der Waals surface area contributed by atoms with Crippen molar-refractivity contribution in [2.24, 2.45) is 0 Å². The van der Waals surface area contributed by atoms with Crippen LogP contribution in [0, 0.1) is 0 Å². The van der Waals surface area contributed by atoms with E-state index in [1.54, 1.807) is 24.5 Å². The molecule has 1 amide bonds. The summed E-state index contributed by atoms with van der Waals surface area (Å²) in [6, 6.07) is 16.6. The lowest BCUT2D eigenvalue weighted by Crippen LogP contribution is -2.25. The number of furan rings is 1. The van der Waals surface area contributed by atoms with Gasteiger partial charge in [0.25, 0.3) is 5.91 Å². The third kappa shape index (κ3) is 5.98. The van der Waals surface area contributed by atoms with Crippen LogP contribution in [0.3, 0.4) is 0 Å². The molecule has 0 bridgehead atoms. The highest BCUT2D eigenvalue weighted by molar-refractivity contribution is 5.94. The summed E-state index contributed by atoms with van der Waals surface area (Å²) in [6.45, 7) is 1.53. The summed E-state index contributed by atoms with van der Waals surface area (Å²) in [7, 11) is 0. The van der Waals surface area contributed by atoms with E-state index < -0.39 is 11.7 Å². The van der Waals surface area contributed by atoms with Crippen molar-refractivity contribution in [3.05, 3.63) is 94.9 Å². The van der Waals surface area contributed by atoms with Crippen molar-refractivity contribution in [3.63, 3.8) is 0 Å². The van der Waals surface area contributed by atoms with Gasteiger partial charge in [-0.25, -0.2) is 0 Å². The maximum absolute atomic E-state index is 12.8. The third-order valence-corrected chi connectivity index (χ3v) is 5.18. The molecule has 1 aromatic heterocycles. The van der Waals surface area contributed by atoms with Gasteiger partial charge in [-0.1, -0.05) is 24.3 Å². The first-order valence-electron chi connectivity index (χ1n) is 10.2. The van der Waals surface area contributed by atoms with Crippen molar-refractivity contribution in [1.82, 2.24) is 10.2 Å². The largest absolute Gasteiger partial charge is 0.468 e. The summed E-state index contributed by atoms with van der Waals surface area (Å²) < 4.78 is 44.0. The van der Waals surface area contributed by atoms with Crippen LogP contribution in [0.4, 0.5) is 13.2 Å². The van der Waals surface area contributed by atoms with Crippen molar-refractivity contribution >= 4 is 5.91 Å². The summed E-state index contributed by atoms with van der Waals surface area (Å²) in [6.07, 6.45) is -0.677. The molecule has 0 atom stereocenters. The SMILES string of the molecule is O=C(NC1CC1)c1ccc(CN(Cc2ccc(C(F)(F)F)cc2)Cc2ccco2)cc1. The van der Waals surface area contributed by atoms with E-state index in [4.69, 9.17) is 4.42 Å². The number of benzene rings is 2. The van der Waals surface area contributed by atoms with Gasteiger partial charge >= 0.3 is 6.18 Å². The van der Waals surface area contributed by atoms with E-state index in [9.17, 15) is 18.0 Å². The Kier molecular flexibility index (Phi) is 6.13. The molecule has 1 heterocycles. The molecule has 4 rings (SSSR count). The number of nitrogens with zero attached hydrogens (tertiary/aromatic N) is 1. The molecule has 31 heavy (non-hydrogen) atoms. The molecule has 1 aliphatic carbocycles. The van der Waals surface area contributed by atoms with Crippen LogP contribution in [-0.4, -0.2) is 16.8 Å². The first-order chi connectivity index (χ1) is 14.9. The monoisotopic (exact) mass is 428 g/mol. The smallest absolute Gasteiger partial charge is 0.416 e. The molecule has 0 spiro atoms. The molecule has 0 unspecified atom stereocenters. The van der Waals surface area contributed by atoms with Gasteiger partial charge in [0.15, 0.2) is 0 Å². The minimum atomic E-state index is -4.35. The molecule has 162 valence electrons. The Morgan fingerprint density at radius 1 is 0.935 bits per heavy atom. The van der Waals surface area contributed by atoms with E-state index in [1.165, 1.54) is 12.1 Å². The number of nitrogens with one attached hydrogen (secondary N) is 1. The highest BCUT2D eigenvalue weighted by atomic mass is 19.4. The lowest BCUT2D eigenvalue weighted by Gasteiger charge is -2.22. The molecule has 2 aromatic carbocycles. The van der Waals surface area contributed by atoms with Gasteiger partial charge in [0, 0.05) is 24.7 Å². The zero-order valence-electron chi connectivity index (χ0n) is 16.9. The number of halogens is 3. The van der Waals surface area contributed by atoms with Gasteiger partial charge in [-0.2, -0.15) is 13.2 Å². The maximum atomic E-state index is 12.8. The fraction of sp³-hybridized carbons (Fsp3) is 0.292. The van der Waals surface area contributed by atoms with Crippen molar-refractivity contribution in [2.45, 2.75) is 44.7 Å². The Bertz CT molecular complexity index is 993. The standard InChI is InChI=1S/C24H23F3N2O2/c25-24(26,27)20-9-5-18(6-10-20)15-29(16-22-2-1-13-31-22)14-17-3-7-19(8-4-17)23(30)28-21-11-12-21/h1-10,13,21H,11-12,14-16H2,(H,28,30). The second-order valence-corrected chi connectivity index (χ2v) is 7.86. The maximum Gasteiger partial charge on any atom is 0.416 e. The highest BCUT2D eigenvalue weighted by Gasteiger charge is 2.30. The molecule has 0 radical (unpaired) electrons. The Morgan fingerprint density at radius 3 is 2.06 bits per heavy atom. The van der Waals surface area contributed by atoms with Crippen LogP contribution in [0.5, 0.6) is 0 Å². The van der Waals surface area contributed by atoms with E-state index in [2.05, 4.69) is 10.2 Å². The summed E-state index contributed by atoms with van der Waals surface area (Å²) in [5.41, 5.74) is 1.74. The Morgan fingerprint density at radius 2 is 1.55 bits per heavy atom. The highest BCUT2D eigenvalue weighted by Crippen LogP contribution is 2.29. The summed E-state index contributed by atoms with van der Waals surface area (Å²) in [5.74, 6) is 0.707. The summed E-state index contributed by atoms with van der Waals surface area (Å²) in [4.78, 5) is 14.2. The number of carbonyl (C=O) groups is 1. The van der Waals surface area contributed by atoms with Crippen molar-refractivity contribution in [1.29, 1.82) is 0 Å². The van der Waals surface area contributed by atoms with Crippen LogP contribution in [0.1, 0.15) is 45.7 Å². The van der Waals surface area contributed by atoms with Gasteiger partial charge in [-0.15, -0.1) is 0 Å². The Labute approximate surface area is 178 Å². The van der Waals surface area contributed by atoms with E-state index in [-0.39, 0.29) is 5.91 Å². The van der Waals surface area contributed by atoms with E-state index in [0.29, 0.717) is 31.2 Å². The normalized spacial score (nSPS) is 14.1. The van der Waals surface area contributed by atoms with Gasteiger partial charge in [0.05, 0.1) is 18.4 Å². The third-order valence-electron chi connectivity index (χ3n) is 5.18. The summed E-state index contributed by atoms with van der Waals surface area (Å²) in [5, 5.41) is 2.97. The molecule has 0 saturated heterocycles. The lowest BCUT2D eigenvalue weighted by molar-refractivity contribution is -0.137. The zero-order chi connectivity index (χ0) is 21.8. The molecule has 1 N–H and O–H groups in total. The van der Waals surface area contributed by atoms with E-state index in [1.807, 2.05) is 18.2 Å². The Hall–Kier alpha value is -3.06. The second-order valence-electron chi connectivity index (χ2n) is 7.86. The molecule has 0 aliphatic heterocycles. The molecule has 4 nitrogen and oxygen atoms in total. The van der Waals surface area contributed by atoms with Crippen LogP contribution < -0.4 is 5.32 Å². The van der Waals surface area contributed by atoms with Gasteiger partial charge in [-0.05, 0) is 60.4 Å². The molecular weight excluding hydrogens is 405 g/mol. The van der Waals surface area contributed by atoms with Gasteiger partial charge in [0.1, 0.15) is 5.76 Å². The Balaban J connectivity index is 1.45. The van der Waals surface area contributed by atoms with Gasteiger partial charge in [-0.3, -0.25) is 9.69 Å². The van der Waals surface area contributed by atoms with Crippen LogP contribution >= 0.6 is 0 Å². The zero-order valence-corrected chi connectivity index (χ0v) is 16.9. The number of carbonyl (C=O) groups excluding carboxylic acids is 1. The minimum absolute atomic E-state index is 0.0637. The number of hydrogen-bond donors (Lipinski definition) is 1. The van der Waals surface area contributed by atoms with Crippen LogP contribution in [0.2, 0.25) is 0 Å². The quantitative estimate of drug-likeness (QED) is 0.523. The minimum Gasteiger partial charge on any atom is -0.468 e. The first-order valence-corrected chi connectivity index (χ1v) is 10.2. The van der Waals surface area contributed by atoms with Crippen LogP contribution in [0.15, 0.2) is 71.3 Å². The number of rotatable bonds is 8. The molecule has 1 saturated carbocycles. The fourth-order valence-electron chi connectivity index (χ4n) is 3.36. The van der Waals surface area contributed by atoms with Crippen molar-refractivity contribution < 1.29 is 22.4 Å². The van der Waals surface area contributed by atoms with Gasteiger partial charge < -0.3 is 9.73 Å². The number of hydrogen-bond acceptors (Lipinski definition) is 3. The fourth-order valence-corrected chi connectivity index (χ4v) is 3.36. The predicted octanol–water partition coefficient (Wildman–Crippen LogP) is 5.39.